The third kappa shape index (κ3) is 5.08. The van der Waals surface area contributed by atoms with Gasteiger partial charge in [0.15, 0.2) is 0 Å². The van der Waals surface area contributed by atoms with Crippen LogP contribution in [0.5, 0.6) is 0 Å². The molecule has 0 aromatic heterocycles. The maximum Gasteiger partial charge on any atom is 0.0501 e. The van der Waals surface area contributed by atoms with Crippen LogP contribution >= 0.6 is 11.8 Å². The quantitative estimate of drug-likeness (QED) is 0.410. The highest BCUT2D eigenvalue weighted by atomic mass is 32.2. The number of hydrogen-bond acceptors (Lipinski definition) is 1. The molecule has 0 saturated carbocycles. The number of thioether (sulfide) groups is 1. The van der Waals surface area contributed by atoms with Crippen LogP contribution in [0.3, 0.4) is 0 Å². The first-order valence-electron chi connectivity index (χ1n) is 5.13. The molecule has 80 valence electrons. The Labute approximate surface area is 98.1 Å². The molecule has 0 saturated heterocycles. The molecule has 0 aliphatic rings. The molecule has 0 amide bonds. The zero-order valence-electron chi connectivity index (χ0n) is 9.71. The molecule has 1 aromatic rings. The van der Waals surface area contributed by atoms with Gasteiger partial charge in [-0.15, -0.1) is 5.73 Å². The Balaban J connectivity index is 2.68. The Morgan fingerprint density at radius 3 is 2.33 bits per heavy atom. The van der Waals surface area contributed by atoms with E-state index in [4.69, 9.17) is 0 Å². The second-order valence-electron chi connectivity index (χ2n) is 4.75. The van der Waals surface area contributed by atoms with Crippen LogP contribution in [-0.2, 0) is 0 Å². The maximum absolute atomic E-state index is 3.78. The molecule has 1 rings (SSSR count). The van der Waals surface area contributed by atoms with Gasteiger partial charge in [-0.1, -0.05) is 56.2 Å². The molecule has 0 spiro atoms. The molecule has 0 bridgehead atoms. The Morgan fingerprint density at radius 2 is 1.87 bits per heavy atom. The van der Waals surface area contributed by atoms with Crippen molar-refractivity contribution in [3.05, 3.63) is 47.5 Å². The fourth-order valence-electron chi connectivity index (χ4n) is 1.25. The van der Waals surface area contributed by atoms with Crippen molar-refractivity contribution in [2.45, 2.75) is 30.6 Å². The summed E-state index contributed by atoms with van der Waals surface area (Å²) in [7, 11) is -1.06. The normalized spacial score (nSPS) is 10.9. The van der Waals surface area contributed by atoms with Crippen LogP contribution in [0.1, 0.15) is 0 Å². The van der Waals surface area contributed by atoms with E-state index in [-0.39, 0.29) is 0 Å². The Morgan fingerprint density at radius 1 is 1.27 bits per heavy atom. The average Bonchev–Trinajstić information content (AvgIpc) is 2.16. The van der Waals surface area contributed by atoms with Crippen molar-refractivity contribution in [2.24, 2.45) is 0 Å². The van der Waals surface area contributed by atoms with E-state index in [0.29, 0.717) is 0 Å². The van der Waals surface area contributed by atoms with Gasteiger partial charge in [-0.25, -0.2) is 0 Å². The molecule has 0 heterocycles. The summed E-state index contributed by atoms with van der Waals surface area (Å²) in [4.78, 5) is 2.56. The van der Waals surface area contributed by atoms with Gasteiger partial charge >= 0.3 is 0 Å². The van der Waals surface area contributed by atoms with E-state index < -0.39 is 8.07 Å². The van der Waals surface area contributed by atoms with Crippen molar-refractivity contribution >= 4 is 19.8 Å². The lowest BCUT2D eigenvalue weighted by Gasteiger charge is -2.16. The van der Waals surface area contributed by atoms with E-state index in [0.717, 1.165) is 6.04 Å². The summed E-state index contributed by atoms with van der Waals surface area (Å²) in [6.07, 6.45) is 0. The molecule has 0 N–H and O–H groups in total. The monoisotopic (exact) mass is 234 g/mol. The molecule has 0 aliphatic heterocycles. The lowest BCUT2D eigenvalue weighted by molar-refractivity contribution is 1.44. The van der Waals surface area contributed by atoms with Gasteiger partial charge in [0.2, 0.25) is 0 Å². The lowest BCUT2D eigenvalue weighted by atomic mass is 10.4. The number of hydrogen-bond donors (Lipinski definition) is 0. The summed E-state index contributed by atoms with van der Waals surface area (Å²) in [6.45, 7) is 10.9. The summed E-state index contributed by atoms with van der Waals surface area (Å²) in [5.41, 5.74) is 3.07. The molecule has 0 aliphatic carbocycles. The first kappa shape index (κ1) is 12.4. The van der Waals surface area contributed by atoms with E-state index in [1.807, 2.05) is 6.07 Å². The molecule has 0 atom stereocenters. The van der Waals surface area contributed by atoms with E-state index in [2.05, 4.69) is 56.2 Å². The Bertz CT molecular complexity index is 356. The number of rotatable bonds is 4. The van der Waals surface area contributed by atoms with Gasteiger partial charge in [0.25, 0.3) is 0 Å². The molecule has 0 fully saturated rings. The van der Waals surface area contributed by atoms with Crippen LogP contribution in [0.25, 0.3) is 0 Å². The van der Waals surface area contributed by atoms with Crippen molar-refractivity contribution in [1.29, 1.82) is 0 Å². The fraction of sp³-hybridized carbons (Fsp3) is 0.308. The molecule has 0 radical (unpaired) electrons. The number of benzene rings is 1. The van der Waals surface area contributed by atoms with Gasteiger partial charge in [0.05, 0.1) is 8.07 Å². The Kier molecular flexibility index (Phi) is 4.46. The van der Waals surface area contributed by atoms with Gasteiger partial charge in [-0.05, 0) is 18.2 Å². The minimum Gasteiger partial charge on any atom is -0.118 e. The molecular formula is C13H18SSi. The highest BCUT2D eigenvalue weighted by molar-refractivity contribution is 8.03. The van der Waals surface area contributed by atoms with Crippen LogP contribution in [0.4, 0.5) is 0 Å². The van der Waals surface area contributed by atoms with Gasteiger partial charge in [-0.3, -0.25) is 0 Å². The maximum atomic E-state index is 3.78. The highest BCUT2D eigenvalue weighted by Gasteiger charge is 2.15. The van der Waals surface area contributed by atoms with Crippen LogP contribution < -0.4 is 0 Å². The predicted octanol–water partition coefficient (Wildman–Crippen LogP) is 4.79. The summed E-state index contributed by atoms with van der Waals surface area (Å²) >= 11 is 1.79. The standard InChI is InChI=1S/C13H18SSi/c1-5-12(11-15(2,3)4)14-13-9-7-6-8-10-13/h6-10H,1,11H2,2-4H3. The third-order valence-electron chi connectivity index (χ3n) is 1.87. The average molecular weight is 234 g/mol. The van der Waals surface area contributed by atoms with E-state index in [1.165, 1.54) is 9.80 Å². The van der Waals surface area contributed by atoms with E-state index in [9.17, 15) is 0 Å². The van der Waals surface area contributed by atoms with Crippen molar-refractivity contribution in [1.82, 2.24) is 0 Å². The topological polar surface area (TPSA) is 0 Å². The molecular weight excluding hydrogens is 216 g/mol. The van der Waals surface area contributed by atoms with Crippen LogP contribution in [0, 0.1) is 0 Å². The van der Waals surface area contributed by atoms with Crippen LogP contribution in [-0.4, -0.2) is 8.07 Å². The lowest BCUT2D eigenvalue weighted by Crippen LogP contribution is -2.18. The zero-order valence-corrected chi connectivity index (χ0v) is 11.5. The van der Waals surface area contributed by atoms with Crippen molar-refractivity contribution < 1.29 is 0 Å². The zero-order chi connectivity index (χ0) is 11.3. The summed E-state index contributed by atoms with van der Waals surface area (Å²) in [5, 5.41) is 0. The van der Waals surface area contributed by atoms with Gasteiger partial charge in [0, 0.05) is 9.80 Å². The minimum atomic E-state index is -1.06. The molecule has 1 aromatic carbocycles. The first-order valence-corrected chi connectivity index (χ1v) is 9.65. The van der Waals surface area contributed by atoms with Gasteiger partial charge in [0.1, 0.15) is 0 Å². The van der Waals surface area contributed by atoms with Crippen molar-refractivity contribution in [3.63, 3.8) is 0 Å². The molecule has 2 heteroatoms. The molecule has 15 heavy (non-hydrogen) atoms. The summed E-state index contributed by atoms with van der Waals surface area (Å²) in [6, 6.07) is 11.6. The second-order valence-corrected chi connectivity index (χ2v) is 11.4. The van der Waals surface area contributed by atoms with Gasteiger partial charge < -0.3 is 0 Å². The first-order chi connectivity index (χ1) is 7.01. The molecule has 0 unspecified atom stereocenters. The highest BCUT2D eigenvalue weighted by Crippen LogP contribution is 2.31. The summed E-state index contributed by atoms with van der Waals surface area (Å²) in [5.74, 6) is 0. The van der Waals surface area contributed by atoms with Gasteiger partial charge in [-0.2, -0.15) is 0 Å². The van der Waals surface area contributed by atoms with Crippen molar-refractivity contribution in [2.75, 3.05) is 0 Å². The number of allylic oxidation sites excluding steroid dienone is 1. The largest absolute Gasteiger partial charge is 0.118 e. The van der Waals surface area contributed by atoms with Crippen LogP contribution in [0.2, 0.25) is 25.7 Å². The SMILES string of the molecule is C=C=C(C[Si](C)(C)C)Sc1ccccc1. The fourth-order valence-corrected chi connectivity index (χ4v) is 4.57. The van der Waals surface area contributed by atoms with Crippen molar-refractivity contribution in [3.8, 4) is 0 Å². The van der Waals surface area contributed by atoms with E-state index in [1.54, 1.807) is 11.8 Å². The Hall–Kier alpha value is -0.693. The van der Waals surface area contributed by atoms with Crippen LogP contribution in [0.15, 0.2) is 52.4 Å². The second kappa shape index (κ2) is 5.41. The molecule has 0 nitrogen and oxygen atoms in total. The minimum absolute atomic E-state index is 1.06. The predicted molar refractivity (Wildman–Crippen MR) is 73.1 cm³/mol. The summed E-state index contributed by atoms with van der Waals surface area (Å²) < 4.78 is 0. The smallest absolute Gasteiger partial charge is 0.0501 e. The van der Waals surface area contributed by atoms with E-state index >= 15 is 0 Å². The third-order valence-corrected chi connectivity index (χ3v) is 4.59.